The molecule has 0 atom stereocenters. The number of amides is 4. The number of esters is 1. The van der Waals surface area contributed by atoms with Crippen LogP contribution in [0.15, 0.2) is 30.3 Å². The van der Waals surface area contributed by atoms with E-state index in [4.69, 9.17) is 17.6 Å². The molecule has 1 aromatic carbocycles. The second-order valence-corrected chi connectivity index (χ2v) is 6.97. The zero-order valence-electron chi connectivity index (χ0n) is 18.0. The van der Waals surface area contributed by atoms with E-state index in [1.54, 1.807) is 20.8 Å². The van der Waals surface area contributed by atoms with Crippen LogP contribution >= 0.6 is 0 Å². The Bertz CT molecular complexity index is 778. The van der Waals surface area contributed by atoms with E-state index in [2.05, 4.69) is 39.2 Å². The molecular weight excluding hydrogens is 400 g/mol. The van der Waals surface area contributed by atoms with Crippen LogP contribution in [0.2, 0.25) is 0 Å². The Morgan fingerprint density at radius 1 is 1.13 bits per heavy atom. The quantitative estimate of drug-likeness (QED) is 0.176. The predicted octanol–water partition coefficient (Wildman–Crippen LogP) is 0.470. The molecule has 0 bridgehead atoms. The summed E-state index contributed by atoms with van der Waals surface area (Å²) in [4.78, 5) is 33.5. The molecule has 1 aromatic rings. The van der Waals surface area contributed by atoms with Crippen LogP contribution in [0.3, 0.4) is 0 Å². The normalized spacial score (nSPS) is 9.87. The van der Waals surface area contributed by atoms with Crippen LogP contribution in [0.25, 0.3) is 0 Å². The van der Waals surface area contributed by atoms with E-state index < -0.39 is 23.6 Å². The third-order valence-corrected chi connectivity index (χ3v) is 2.98. The Hall–Kier alpha value is -3.73. The van der Waals surface area contributed by atoms with Gasteiger partial charge >= 0.3 is 18.0 Å². The fraction of sp³-hybridized carbons (Fsp3) is 0.381. The van der Waals surface area contributed by atoms with Crippen molar-refractivity contribution in [1.82, 2.24) is 26.6 Å². The van der Waals surface area contributed by atoms with Gasteiger partial charge in [0, 0.05) is 6.54 Å². The molecule has 0 aliphatic heterocycles. The lowest BCUT2D eigenvalue weighted by atomic mass is 10.2. The lowest BCUT2D eigenvalue weighted by Gasteiger charge is -2.24. The first-order valence-corrected chi connectivity index (χ1v) is 9.27. The van der Waals surface area contributed by atoms with E-state index in [9.17, 15) is 14.4 Å². The molecule has 10 nitrogen and oxygen atoms in total. The molecule has 0 aliphatic carbocycles. The van der Waals surface area contributed by atoms with Crippen LogP contribution in [0, 0.1) is 24.7 Å². The Morgan fingerprint density at radius 3 is 2.29 bits per heavy atom. The van der Waals surface area contributed by atoms with E-state index in [0.29, 0.717) is 6.54 Å². The molecule has 10 heteroatoms. The number of nitrogens with one attached hydrogen (secondary N) is 4. The zero-order valence-corrected chi connectivity index (χ0v) is 18.0. The molecule has 0 fully saturated rings. The molecule has 0 aliphatic rings. The summed E-state index contributed by atoms with van der Waals surface area (Å²) in [7, 11) is 0. The second-order valence-electron chi connectivity index (χ2n) is 6.97. The molecule has 0 saturated heterocycles. The number of nitrogens with two attached hydrogens (primary N) is 1. The van der Waals surface area contributed by atoms with Gasteiger partial charge in [0.2, 0.25) is 0 Å². The van der Waals surface area contributed by atoms with Gasteiger partial charge in [-0.05, 0) is 26.3 Å². The van der Waals surface area contributed by atoms with Crippen LogP contribution in [-0.4, -0.2) is 48.3 Å². The highest BCUT2D eigenvalue weighted by Crippen LogP contribution is 2.07. The molecule has 0 spiro atoms. The van der Waals surface area contributed by atoms with Crippen molar-refractivity contribution < 1.29 is 19.1 Å². The van der Waals surface area contributed by atoms with Crippen LogP contribution in [0.4, 0.5) is 9.59 Å². The highest BCUT2D eigenvalue weighted by molar-refractivity contribution is 5.75. The number of nitrogens with zero attached hydrogens (tertiary/aromatic N) is 1. The van der Waals surface area contributed by atoms with Crippen LogP contribution < -0.4 is 27.3 Å². The van der Waals surface area contributed by atoms with E-state index in [0.717, 1.165) is 5.56 Å². The number of rotatable bonds is 8. The first kappa shape index (κ1) is 27.3. The van der Waals surface area contributed by atoms with Gasteiger partial charge in [-0.15, -0.1) is 12.8 Å². The summed E-state index contributed by atoms with van der Waals surface area (Å²) in [5, 5.41) is 4.02. The average molecular weight is 431 g/mol. The van der Waals surface area contributed by atoms with Crippen molar-refractivity contribution in [2.45, 2.75) is 32.9 Å². The van der Waals surface area contributed by atoms with Gasteiger partial charge in [0.05, 0.1) is 13.1 Å². The number of carbonyl (C=O) groups excluding carboxylic acids is 3. The summed E-state index contributed by atoms with van der Waals surface area (Å²) < 4.78 is 5.20. The van der Waals surface area contributed by atoms with Gasteiger partial charge in [-0.25, -0.2) is 15.0 Å². The van der Waals surface area contributed by atoms with Crippen molar-refractivity contribution in [3.8, 4) is 24.7 Å². The lowest BCUT2D eigenvalue weighted by molar-refractivity contribution is -0.156. The molecule has 168 valence electrons. The van der Waals surface area contributed by atoms with E-state index in [1.165, 1.54) is 5.01 Å². The molecule has 0 aromatic heterocycles. The fourth-order valence-electron chi connectivity index (χ4n) is 1.92. The monoisotopic (exact) mass is 430 g/mol. The first-order valence-electron chi connectivity index (χ1n) is 9.27. The summed E-state index contributed by atoms with van der Waals surface area (Å²) in [6, 6.07) is 8.41. The number of hydrogen-bond acceptors (Lipinski definition) is 6. The van der Waals surface area contributed by atoms with Gasteiger partial charge in [0.1, 0.15) is 12.1 Å². The third kappa shape index (κ3) is 16.9. The smallest absolute Gasteiger partial charge is 0.329 e. The number of terminal acetylenes is 2. The number of urea groups is 2. The summed E-state index contributed by atoms with van der Waals surface area (Å²) in [6.45, 7) is 5.95. The van der Waals surface area contributed by atoms with Crippen molar-refractivity contribution in [2.24, 2.45) is 5.73 Å². The highest BCUT2D eigenvalue weighted by Gasteiger charge is 2.19. The van der Waals surface area contributed by atoms with Gasteiger partial charge in [0.25, 0.3) is 0 Å². The van der Waals surface area contributed by atoms with Crippen LogP contribution in [0.1, 0.15) is 26.3 Å². The topological polar surface area (TPSA) is 138 Å². The minimum atomic E-state index is -0.639. The number of hydrogen-bond donors (Lipinski definition) is 5. The maximum absolute atomic E-state index is 11.9. The van der Waals surface area contributed by atoms with Crippen molar-refractivity contribution in [3.63, 3.8) is 0 Å². The summed E-state index contributed by atoms with van der Waals surface area (Å²) >= 11 is 0. The SMILES string of the molecule is C#CCN(CC(=O)OC(C)(C)C)NC(=O)NCc1ccccc1.C#CCNNC(N)=O. The van der Waals surface area contributed by atoms with E-state index >= 15 is 0 Å². The molecule has 1 rings (SSSR count). The molecule has 0 unspecified atom stereocenters. The molecule has 0 heterocycles. The second kappa shape index (κ2) is 15.2. The number of benzene rings is 1. The maximum Gasteiger partial charge on any atom is 0.329 e. The van der Waals surface area contributed by atoms with Crippen molar-refractivity contribution in [1.29, 1.82) is 0 Å². The van der Waals surface area contributed by atoms with Gasteiger partial charge in [0.15, 0.2) is 0 Å². The van der Waals surface area contributed by atoms with Gasteiger partial charge < -0.3 is 15.8 Å². The largest absolute Gasteiger partial charge is 0.459 e. The Balaban J connectivity index is 0.000000954. The Morgan fingerprint density at radius 2 is 1.77 bits per heavy atom. The molecule has 31 heavy (non-hydrogen) atoms. The van der Waals surface area contributed by atoms with Crippen LogP contribution in [0.5, 0.6) is 0 Å². The number of carbonyl (C=O) groups is 3. The molecule has 0 saturated carbocycles. The predicted molar refractivity (Wildman–Crippen MR) is 118 cm³/mol. The van der Waals surface area contributed by atoms with E-state index in [-0.39, 0.29) is 19.6 Å². The standard InChI is InChI=1S/C17H23N3O3.C4H7N3O/c1-5-11-20(13-15(21)23-17(2,3)4)19-16(22)18-12-14-9-7-6-8-10-14;1-2-3-6-7-4(5)8/h1,6-10H,11-13H2,2-4H3,(H2,18,19,22);1,6H,3H2,(H3,5,7,8). The molecular formula is C21H30N6O4. The fourth-order valence-corrected chi connectivity index (χ4v) is 1.92. The summed E-state index contributed by atoms with van der Waals surface area (Å²) in [5.74, 6) is 4.17. The van der Waals surface area contributed by atoms with Crippen molar-refractivity contribution >= 4 is 18.0 Å². The highest BCUT2D eigenvalue weighted by atomic mass is 16.6. The molecule has 0 radical (unpaired) electrons. The summed E-state index contributed by atoms with van der Waals surface area (Å²) in [5.41, 5.74) is 12.0. The van der Waals surface area contributed by atoms with E-state index in [1.807, 2.05) is 30.3 Å². The lowest BCUT2D eigenvalue weighted by Crippen LogP contribution is -2.50. The summed E-state index contributed by atoms with van der Waals surface area (Å²) in [6.07, 6.45) is 10.1. The van der Waals surface area contributed by atoms with Crippen molar-refractivity contribution in [2.75, 3.05) is 19.6 Å². The number of hydrazine groups is 2. The van der Waals surface area contributed by atoms with Gasteiger partial charge in [-0.3, -0.25) is 15.6 Å². The van der Waals surface area contributed by atoms with Gasteiger partial charge in [-0.2, -0.15) is 5.01 Å². The minimum Gasteiger partial charge on any atom is -0.459 e. The van der Waals surface area contributed by atoms with Crippen molar-refractivity contribution in [3.05, 3.63) is 35.9 Å². The Kier molecular flexibility index (Phi) is 13.3. The van der Waals surface area contributed by atoms with Crippen LogP contribution in [-0.2, 0) is 16.1 Å². The Labute approximate surface area is 183 Å². The molecule has 4 amide bonds. The minimum absolute atomic E-state index is 0.0952. The first-order chi connectivity index (χ1) is 14.6. The number of primary amides is 1. The maximum atomic E-state index is 11.9. The number of ether oxygens (including phenoxy) is 1. The average Bonchev–Trinajstić information content (AvgIpc) is 2.66. The third-order valence-electron chi connectivity index (χ3n) is 2.98. The van der Waals surface area contributed by atoms with Gasteiger partial charge in [-0.1, -0.05) is 42.2 Å². The molecule has 6 N–H and O–H groups in total. The zero-order chi connectivity index (χ0) is 23.7.